The SMILES string of the molecule is CN(C)c1ccnc(-c2c(F)cc(F)c[c]2[Lr][NH]CCn2cccn2)c1. The molecule has 0 atom stereocenters. The van der Waals surface area contributed by atoms with Gasteiger partial charge in [0, 0.05) is 0 Å². The molecule has 0 bridgehead atoms. The van der Waals surface area contributed by atoms with Gasteiger partial charge in [-0.2, -0.15) is 0 Å². The quantitative estimate of drug-likeness (QED) is 0.420. The number of hydrogen-bond acceptors (Lipinski definition) is 4. The van der Waals surface area contributed by atoms with Crippen LogP contribution in [0.4, 0.5) is 14.5 Å². The minimum atomic E-state index is -0.655. The predicted molar refractivity (Wildman–Crippen MR) is 93.8 cm³/mol. The maximum atomic E-state index is 14.5. The van der Waals surface area contributed by atoms with Crippen LogP contribution in [0, 0.1) is 11.6 Å². The summed E-state index contributed by atoms with van der Waals surface area (Å²) in [6, 6.07) is 8.45. The molecule has 0 aliphatic carbocycles. The van der Waals surface area contributed by atoms with Crippen LogP contribution in [0.25, 0.3) is 11.3 Å². The summed E-state index contributed by atoms with van der Waals surface area (Å²) >= 11 is 0. The van der Waals surface area contributed by atoms with Crippen LogP contribution in [0.3, 0.4) is 0 Å². The van der Waals surface area contributed by atoms with Crippen molar-refractivity contribution in [1.82, 2.24) is 20.5 Å². The second-order valence-corrected chi connectivity index (χ2v) is 8.10. The third kappa shape index (κ3) is 3.81. The van der Waals surface area contributed by atoms with Crippen molar-refractivity contribution in [2.75, 3.05) is 25.5 Å². The fourth-order valence-electron chi connectivity index (χ4n) is 2.28. The molecule has 2 heterocycles. The summed E-state index contributed by atoms with van der Waals surface area (Å²) in [5.74, 6) is -1.16. The molecule has 0 saturated carbocycles. The van der Waals surface area contributed by atoms with Crippen molar-refractivity contribution in [3.63, 3.8) is 0 Å². The molecule has 5 nitrogen and oxygen atoms in total. The molecule has 1 N–H and O–H groups in total. The van der Waals surface area contributed by atoms with E-state index in [4.69, 9.17) is 0 Å². The Bertz CT molecular complexity index is 868. The van der Waals surface area contributed by atoms with E-state index >= 15 is 0 Å². The number of rotatable bonds is 7. The monoisotopic (exact) mass is 605 g/mol. The van der Waals surface area contributed by atoms with E-state index in [9.17, 15) is 8.78 Å². The maximum absolute atomic E-state index is 14.5. The molecule has 0 fully saturated rings. The Kier molecular flexibility index (Phi) is 4.85. The fourth-order valence-corrected chi connectivity index (χ4v) is 4.45. The van der Waals surface area contributed by atoms with E-state index in [2.05, 4.69) is 15.8 Å². The van der Waals surface area contributed by atoms with Crippen molar-refractivity contribution in [1.29, 1.82) is 0 Å². The molecule has 0 unspecified atom stereocenters. The molecule has 1 aromatic carbocycles. The van der Waals surface area contributed by atoms with E-state index in [1.807, 2.05) is 48.1 Å². The molecule has 3 aromatic rings. The van der Waals surface area contributed by atoms with E-state index in [0.29, 0.717) is 30.4 Å². The Morgan fingerprint density at radius 1 is 1.19 bits per heavy atom. The van der Waals surface area contributed by atoms with Gasteiger partial charge in [0.05, 0.1) is 0 Å². The minimum absolute atomic E-state index is 0.364. The van der Waals surface area contributed by atoms with Crippen molar-refractivity contribution in [2.45, 2.75) is 6.54 Å². The number of halogens is 2. The first-order valence-electron chi connectivity index (χ1n) is 7.89. The van der Waals surface area contributed by atoms with Gasteiger partial charge in [-0.25, -0.2) is 0 Å². The van der Waals surface area contributed by atoms with Gasteiger partial charge >= 0.3 is 145 Å². The van der Waals surface area contributed by atoms with Crippen LogP contribution in [-0.2, 0) is 6.54 Å². The van der Waals surface area contributed by atoms with Crippen LogP contribution in [0.5, 0.6) is 0 Å². The molecule has 8 heteroatoms. The number of nitrogens with zero attached hydrogens (tertiary/aromatic N) is 4. The van der Waals surface area contributed by atoms with Crippen LogP contribution in [0.2, 0.25) is 0 Å². The van der Waals surface area contributed by atoms with Crippen LogP contribution < -0.4 is 16.7 Å². The first kappa shape index (κ1) is 17.0. The molecule has 26 heavy (non-hydrogen) atoms. The van der Waals surface area contributed by atoms with E-state index in [1.165, 1.54) is 6.07 Å². The summed E-state index contributed by atoms with van der Waals surface area (Å²) in [6.07, 6.45) is 5.24. The molecule has 0 aliphatic rings. The number of nitrogens with one attached hydrogen (secondary N) is 1. The van der Waals surface area contributed by atoms with Gasteiger partial charge in [-0.05, 0) is 0 Å². The summed E-state index contributed by atoms with van der Waals surface area (Å²) in [6.45, 7) is 1.37. The van der Waals surface area contributed by atoms with Crippen molar-refractivity contribution in [3.8, 4) is 11.3 Å². The zero-order chi connectivity index (χ0) is 18.5. The first-order valence-corrected chi connectivity index (χ1v) is 10.0. The zero-order valence-corrected chi connectivity index (χ0v) is 16.5. The normalized spacial score (nSPS) is 10.6. The van der Waals surface area contributed by atoms with E-state index in [0.717, 1.165) is 11.8 Å². The Morgan fingerprint density at radius 3 is 2.77 bits per heavy atom. The summed E-state index contributed by atoms with van der Waals surface area (Å²) in [4.78, 5) is 6.22. The van der Waals surface area contributed by atoms with Crippen molar-refractivity contribution in [3.05, 3.63) is 60.6 Å². The van der Waals surface area contributed by atoms with Crippen molar-refractivity contribution >= 4 is 11.8 Å². The molecule has 0 saturated heterocycles. The topological polar surface area (TPSA) is 46.0 Å². The molecule has 3 rings (SSSR count). The van der Waals surface area contributed by atoms with E-state index in [1.54, 1.807) is 12.4 Å². The summed E-state index contributed by atoms with van der Waals surface area (Å²) < 4.78 is 29.5. The van der Waals surface area contributed by atoms with E-state index < -0.39 is 11.6 Å². The summed E-state index contributed by atoms with van der Waals surface area (Å²) in [7, 11) is 3.81. The number of hydrogen-bond donors (Lipinski definition) is 1. The van der Waals surface area contributed by atoms with Gasteiger partial charge in [0.1, 0.15) is 0 Å². The molecular formula is C18H19F2LrN5. The molecule has 0 amide bonds. The van der Waals surface area contributed by atoms with Crippen molar-refractivity contribution < 1.29 is 8.78 Å². The molecule has 0 aliphatic heterocycles. The summed E-state index contributed by atoms with van der Waals surface area (Å²) in [5.41, 5.74) is 5.09. The van der Waals surface area contributed by atoms with Gasteiger partial charge in [0.15, 0.2) is 0 Å². The first-order chi connectivity index (χ1) is 12.5. The van der Waals surface area contributed by atoms with Crippen LogP contribution in [0.15, 0.2) is 48.9 Å². The second kappa shape index (κ2) is 7.40. The fraction of sp³-hybridized carbons (Fsp3) is 0.222. The average molecular weight is 605 g/mol. The Labute approximate surface area is 145 Å². The van der Waals surface area contributed by atoms with Gasteiger partial charge in [-0.15, -0.1) is 0 Å². The predicted octanol–water partition coefficient (Wildman–Crippen LogP) is 2.20. The molecule has 2 aromatic heterocycles. The molecule has 0 spiro atoms. The Morgan fingerprint density at radius 2 is 2.04 bits per heavy atom. The summed E-state index contributed by atoms with van der Waals surface area (Å²) in [5, 5.41) is 4.13. The number of anilines is 1. The van der Waals surface area contributed by atoms with Gasteiger partial charge in [0.2, 0.25) is 0 Å². The van der Waals surface area contributed by atoms with Crippen LogP contribution in [-0.4, -0.2) is 35.4 Å². The molecule has 0 radical (unpaired) electrons. The van der Waals surface area contributed by atoms with Crippen LogP contribution >= 0.6 is 0 Å². The van der Waals surface area contributed by atoms with Crippen LogP contribution in [0.1, 0.15) is 0 Å². The third-order valence-electron chi connectivity index (χ3n) is 3.56. The van der Waals surface area contributed by atoms with Gasteiger partial charge in [0.25, 0.3) is 0 Å². The zero-order valence-electron chi connectivity index (χ0n) is 14.3. The molecular weight excluding hydrogens is 586 g/mol. The standard InChI is InChI=1S/C13H11F2N2.C5H8N3.Lr/c1-17(2)10-5-6-16-13(8-10)11-4-3-9(14)7-12(11)15;6-2-5-8-4-1-3-7-8;/h3,5-8H,1-2H3;1,3-4,6H,2,5H2;/q;-1;+1. The van der Waals surface area contributed by atoms with Gasteiger partial charge in [-0.1, -0.05) is 0 Å². The Hall–Kier alpha value is -3.80. The van der Waals surface area contributed by atoms with Crippen molar-refractivity contribution in [2.24, 2.45) is 0 Å². The average Bonchev–Trinajstić information content (AvgIpc) is 3.12. The third-order valence-corrected chi connectivity index (χ3v) is 5.90. The number of aromatic nitrogens is 3. The number of benzene rings is 1. The van der Waals surface area contributed by atoms with E-state index in [-0.39, 0.29) is 0 Å². The second-order valence-electron chi connectivity index (χ2n) is 5.65. The molecule has 145 valence electrons. The Balaban J connectivity index is 1.82. The number of pyridine rings is 1. The van der Waals surface area contributed by atoms with Gasteiger partial charge < -0.3 is 0 Å². The van der Waals surface area contributed by atoms with Gasteiger partial charge in [-0.3, -0.25) is 0 Å².